The SMILES string of the molecule is CCC(=O)Nc1cccc(C(=O)NNC(=O)C(C)Oc2ccccc2F)c1. The summed E-state index contributed by atoms with van der Waals surface area (Å²) in [5, 5.41) is 2.64. The van der Waals surface area contributed by atoms with Crippen LogP contribution in [0.25, 0.3) is 0 Å². The van der Waals surface area contributed by atoms with E-state index in [-0.39, 0.29) is 17.2 Å². The smallest absolute Gasteiger partial charge is 0.279 e. The number of amides is 3. The van der Waals surface area contributed by atoms with Gasteiger partial charge in [-0.2, -0.15) is 0 Å². The number of hydrogen-bond donors (Lipinski definition) is 3. The Kier molecular flexibility index (Phi) is 6.87. The Morgan fingerprint density at radius 1 is 1.07 bits per heavy atom. The van der Waals surface area contributed by atoms with Gasteiger partial charge in [0.1, 0.15) is 0 Å². The van der Waals surface area contributed by atoms with Crippen LogP contribution in [0.1, 0.15) is 30.6 Å². The lowest BCUT2D eigenvalue weighted by Crippen LogP contribution is -2.47. The zero-order chi connectivity index (χ0) is 19.8. The number of rotatable bonds is 6. The van der Waals surface area contributed by atoms with Gasteiger partial charge in [0.2, 0.25) is 5.91 Å². The Labute approximate surface area is 155 Å². The van der Waals surface area contributed by atoms with Crippen LogP contribution in [0.2, 0.25) is 0 Å². The van der Waals surface area contributed by atoms with Crippen molar-refractivity contribution >= 4 is 23.4 Å². The molecule has 0 aromatic heterocycles. The van der Waals surface area contributed by atoms with Crippen LogP contribution in [0.5, 0.6) is 5.75 Å². The Bertz CT molecular complexity index is 841. The van der Waals surface area contributed by atoms with Crippen LogP contribution in [0, 0.1) is 5.82 Å². The van der Waals surface area contributed by atoms with Gasteiger partial charge in [-0.05, 0) is 37.3 Å². The summed E-state index contributed by atoms with van der Waals surface area (Å²) in [6.07, 6.45) is -0.718. The molecule has 0 spiro atoms. The van der Waals surface area contributed by atoms with Crippen molar-refractivity contribution in [2.24, 2.45) is 0 Å². The van der Waals surface area contributed by atoms with E-state index in [0.29, 0.717) is 12.1 Å². The fraction of sp³-hybridized carbons (Fsp3) is 0.211. The highest BCUT2D eigenvalue weighted by Gasteiger charge is 2.17. The average molecular weight is 373 g/mol. The zero-order valence-corrected chi connectivity index (χ0v) is 14.9. The van der Waals surface area contributed by atoms with E-state index in [1.54, 1.807) is 25.1 Å². The number of ether oxygens (including phenoxy) is 1. The lowest BCUT2D eigenvalue weighted by Gasteiger charge is -2.15. The summed E-state index contributed by atoms with van der Waals surface area (Å²) in [6, 6.07) is 12.0. The van der Waals surface area contributed by atoms with Crippen LogP contribution in [-0.4, -0.2) is 23.8 Å². The van der Waals surface area contributed by atoms with E-state index in [1.165, 1.54) is 37.3 Å². The Hall–Kier alpha value is -3.42. The molecule has 0 saturated heterocycles. The van der Waals surface area contributed by atoms with Crippen molar-refractivity contribution in [3.63, 3.8) is 0 Å². The molecule has 0 fully saturated rings. The molecule has 0 heterocycles. The van der Waals surface area contributed by atoms with E-state index in [4.69, 9.17) is 4.74 Å². The minimum Gasteiger partial charge on any atom is -0.478 e. The van der Waals surface area contributed by atoms with Crippen molar-refractivity contribution in [2.75, 3.05) is 5.32 Å². The predicted octanol–water partition coefficient (Wildman–Crippen LogP) is 2.40. The van der Waals surface area contributed by atoms with Crippen molar-refractivity contribution < 1.29 is 23.5 Å². The van der Waals surface area contributed by atoms with Gasteiger partial charge in [-0.25, -0.2) is 4.39 Å². The van der Waals surface area contributed by atoms with Gasteiger partial charge in [0.15, 0.2) is 17.7 Å². The normalized spacial score (nSPS) is 11.2. The number of hydrazine groups is 1. The second kappa shape index (κ2) is 9.33. The largest absolute Gasteiger partial charge is 0.478 e. The lowest BCUT2D eigenvalue weighted by atomic mass is 10.2. The van der Waals surface area contributed by atoms with Crippen molar-refractivity contribution in [3.8, 4) is 5.75 Å². The molecule has 0 aliphatic heterocycles. The molecule has 3 N–H and O–H groups in total. The summed E-state index contributed by atoms with van der Waals surface area (Å²) >= 11 is 0. The molecule has 3 amide bonds. The standard InChI is InChI=1S/C19H20FN3O4/c1-3-17(24)21-14-8-6-7-13(11-14)19(26)23-22-18(25)12(2)27-16-10-5-4-9-15(16)20/h4-12H,3H2,1-2H3,(H,21,24)(H,22,25)(H,23,26). The molecule has 0 aliphatic rings. The maximum atomic E-state index is 13.5. The first-order valence-corrected chi connectivity index (χ1v) is 8.32. The molecule has 2 aromatic carbocycles. The number of anilines is 1. The molecule has 1 atom stereocenters. The predicted molar refractivity (Wildman–Crippen MR) is 97.5 cm³/mol. The maximum absolute atomic E-state index is 13.5. The molecular formula is C19H20FN3O4. The first-order chi connectivity index (χ1) is 12.9. The maximum Gasteiger partial charge on any atom is 0.279 e. The van der Waals surface area contributed by atoms with Gasteiger partial charge in [0.05, 0.1) is 0 Å². The zero-order valence-electron chi connectivity index (χ0n) is 14.9. The topological polar surface area (TPSA) is 96.5 Å². The minimum atomic E-state index is -1.03. The number of benzene rings is 2. The van der Waals surface area contributed by atoms with E-state index in [2.05, 4.69) is 16.2 Å². The number of para-hydroxylation sites is 1. The van der Waals surface area contributed by atoms with Crippen LogP contribution in [0.15, 0.2) is 48.5 Å². The number of carbonyl (C=O) groups excluding carboxylic acids is 3. The van der Waals surface area contributed by atoms with Crippen LogP contribution < -0.4 is 20.9 Å². The molecule has 1 unspecified atom stereocenters. The van der Waals surface area contributed by atoms with E-state index >= 15 is 0 Å². The van der Waals surface area contributed by atoms with Crippen LogP contribution in [-0.2, 0) is 9.59 Å². The van der Waals surface area contributed by atoms with Gasteiger partial charge in [-0.1, -0.05) is 25.1 Å². The molecule has 0 aliphatic carbocycles. The van der Waals surface area contributed by atoms with Gasteiger partial charge >= 0.3 is 0 Å². The first-order valence-electron chi connectivity index (χ1n) is 8.32. The third-order valence-electron chi connectivity index (χ3n) is 3.54. The minimum absolute atomic E-state index is 0.0640. The second-order valence-electron chi connectivity index (χ2n) is 5.62. The van der Waals surface area contributed by atoms with Crippen molar-refractivity contribution in [1.29, 1.82) is 0 Å². The first kappa shape index (κ1) is 19.9. The molecule has 0 bridgehead atoms. The van der Waals surface area contributed by atoms with Crippen molar-refractivity contribution in [2.45, 2.75) is 26.4 Å². The highest BCUT2D eigenvalue weighted by molar-refractivity contribution is 5.98. The monoisotopic (exact) mass is 373 g/mol. The lowest BCUT2D eigenvalue weighted by molar-refractivity contribution is -0.128. The fourth-order valence-electron chi connectivity index (χ4n) is 2.06. The fourth-order valence-corrected chi connectivity index (χ4v) is 2.06. The molecule has 2 rings (SSSR count). The summed E-state index contributed by atoms with van der Waals surface area (Å²) in [6.45, 7) is 3.14. The van der Waals surface area contributed by atoms with Gasteiger partial charge in [0.25, 0.3) is 11.8 Å². The van der Waals surface area contributed by atoms with Gasteiger partial charge in [-0.3, -0.25) is 25.2 Å². The number of halogens is 1. The Morgan fingerprint density at radius 2 is 1.81 bits per heavy atom. The second-order valence-corrected chi connectivity index (χ2v) is 5.62. The quantitative estimate of drug-likeness (QED) is 0.678. The molecule has 0 radical (unpaired) electrons. The molecule has 7 nitrogen and oxygen atoms in total. The van der Waals surface area contributed by atoms with Crippen LogP contribution in [0.3, 0.4) is 0 Å². The summed E-state index contributed by atoms with van der Waals surface area (Å²) in [5.41, 5.74) is 5.18. The van der Waals surface area contributed by atoms with Gasteiger partial charge < -0.3 is 10.1 Å². The Morgan fingerprint density at radius 3 is 2.52 bits per heavy atom. The third-order valence-corrected chi connectivity index (χ3v) is 3.54. The molecule has 0 saturated carbocycles. The van der Waals surface area contributed by atoms with E-state index in [0.717, 1.165) is 0 Å². The van der Waals surface area contributed by atoms with Crippen LogP contribution in [0.4, 0.5) is 10.1 Å². The van der Waals surface area contributed by atoms with Gasteiger partial charge in [0, 0.05) is 17.7 Å². The number of nitrogens with one attached hydrogen (secondary N) is 3. The summed E-state index contributed by atoms with van der Waals surface area (Å²) in [4.78, 5) is 35.6. The highest BCUT2D eigenvalue weighted by Crippen LogP contribution is 2.17. The summed E-state index contributed by atoms with van der Waals surface area (Å²) < 4.78 is 18.8. The molecule has 142 valence electrons. The molecule has 27 heavy (non-hydrogen) atoms. The number of carbonyl (C=O) groups is 3. The van der Waals surface area contributed by atoms with Gasteiger partial charge in [-0.15, -0.1) is 0 Å². The molecule has 2 aromatic rings. The van der Waals surface area contributed by atoms with Crippen molar-refractivity contribution in [3.05, 3.63) is 59.9 Å². The van der Waals surface area contributed by atoms with E-state index in [9.17, 15) is 18.8 Å². The summed E-state index contributed by atoms with van der Waals surface area (Å²) in [7, 11) is 0. The average Bonchev–Trinajstić information content (AvgIpc) is 2.67. The Balaban J connectivity index is 1.91. The molecule has 8 heteroatoms. The van der Waals surface area contributed by atoms with E-state index < -0.39 is 23.7 Å². The third kappa shape index (κ3) is 5.81. The summed E-state index contributed by atoms with van der Waals surface area (Å²) in [5.74, 6) is -2.06. The molecular weight excluding hydrogens is 353 g/mol. The highest BCUT2D eigenvalue weighted by atomic mass is 19.1. The van der Waals surface area contributed by atoms with E-state index in [1.807, 2.05) is 0 Å². The van der Waals surface area contributed by atoms with Crippen LogP contribution >= 0.6 is 0 Å². The van der Waals surface area contributed by atoms with Crippen molar-refractivity contribution in [1.82, 2.24) is 10.9 Å². The number of hydrogen-bond acceptors (Lipinski definition) is 4.